The quantitative estimate of drug-likeness (QED) is 0.122. The summed E-state index contributed by atoms with van der Waals surface area (Å²) >= 11 is 4.85. The zero-order chi connectivity index (χ0) is 24.8. The zero-order valence-electron chi connectivity index (χ0n) is 21.2. The molecule has 0 N–H and O–H groups in total. The van der Waals surface area contributed by atoms with E-state index in [0.717, 1.165) is 53.8 Å². The highest BCUT2D eigenvalue weighted by Gasteiger charge is 2.17. The summed E-state index contributed by atoms with van der Waals surface area (Å²) in [5.74, 6) is 1.04. The van der Waals surface area contributed by atoms with Crippen molar-refractivity contribution in [2.45, 2.75) is 19.4 Å². The molecule has 0 aliphatic carbocycles. The molecule has 0 unspecified atom stereocenters. The van der Waals surface area contributed by atoms with Crippen LogP contribution in [0.1, 0.15) is 17.5 Å². The van der Waals surface area contributed by atoms with E-state index in [0.29, 0.717) is 0 Å². The second-order valence-electron chi connectivity index (χ2n) is 10.7. The van der Waals surface area contributed by atoms with E-state index in [1.165, 1.54) is 29.4 Å². The molecule has 0 aromatic heterocycles. The highest BCUT2D eigenvalue weighted by Crippen LogP contribution is 2.29. The number of benzene rings is 3. The second kappa shape index (κ2) is 12.2. The van der Waals surface area contributed by atoms with Gasteiger partial charge in [0.1, 0.15) is 12.3 Å². The summed E-state index contributed by atoms with van der Waals surface area (Å²) in [6.07, 6.45) is 2.12. The molecule has 3 aromatic carbocycles. The largest absolute Gasteiger partial charge is 0.491 e. The van der Waals surface area contributed by atoms with Crippen LogP contribution in [-0.4, -0.2) is 63.9 Å². The van der Waals surface area contributed by atoms with Crippen LogP contribution in [0, 0.1) is 7.14 Å². The maximum Gasteiger partial charge on any atom is 0.145 e. The number of rotatable bonds is 11. The molecule has 3 aromatic rings. The average Bonchev–Trinajstić information content (AvgIpc) is 2.77. The Labute approximate surface area is 233 Å². The highest BCUT2D eigenvalue weighted by atomic mass is 127. The maximum absolute atomic E-state index is 6.25. The summed E-state index contributed by atoms with van der Waals surface area (Å²) in [4.78, 5) is 0. The monoisotopic (exact) mass is 684 g/mol. The van der Waals surface area contributed by atoms with Gasteiger partial charge in [0, 0.05) is 18.4 Å². The van der Waals surface area contributed by atoms with Crippen molar-refractivity contribution >= 4 is 45.2 Å². The van der Waals surface area contributed by atoms with Gasteiger partial charge in [-0.05, 0) is 74.0 Å². The molecule has 5 heteroatoms. The van der Waals surface area contributed by atoms with Crippen molar-refractivity contribution in [3.05, 3.63) is 85.0 Å². The first-order valence-corrected chi connectivity index (χ1v) is 14.1. The molecular weight excluding hydrogens is 646 g/mol. The Morgan fingerprint density at radius 1 is 0.706 bits per heavy atom. The fraction of sp³-hybridized carbons (Fsp3) is 0.379. The van der Waals surface area contributed by atoms with E-state index in [2.05, 4.69) is 147 Å². The van der Waals surface area contributed by atoms with Crippen LogP contribution in [0.15, 0.2) is 66.7 Å². The molecule has 0 aliphatic rings. The van der Waals surface area contributed by atoms with Crippen LogP contribution in [0.2, 0.25) is 0 Å². The lowest BCUT2D eigenvalue weighted by Gasteiger charge is -2.30. The summed E-state index contributed by atoms with van der Waals surface area (Å²) in [5.41, 5.74) is 5.31. The van der Waals surface area contributed by atoms with Gasteiger partial charge < -0.3 is 13.7 Å². The summed E-state index contributed by atoms with van der Waals surface area (Å²) in [6.45, 7) is 3.98. The number of nitrogens with zero attached hydrogens (tertiary/aromatic N) is 2. The standard InChI is InChI=1S/C29H38I2N2O/c1-32(2,3)18-16-24-20-27(30)29(28(31)21-24)34-19-9-17-33(4,5)22-23-12-14-26(15-13-23)25-10-7-6-8-11-25/h6-8,10-15,20-21H,9,16-19,22H2,1-5H3/q+2. The molecule has 0 spiro atoms. The molecule has 0 amide bonds. The van der Waals surface area contributed by atoms with E-state index in [1.54, 1.807) is 0 Å². The van der Waals surface area contributed by atoms with E-state index >= 15 is 0 Å². The third kappa shape index (κ3) is 8.81. The number of quaternary nitrogens is 2. The minimum absolute atomic E-state index is 0.749. The van der Waals surface area contributed by atoms with Crippen molar-refractivity contribution in [3.63, 3.8) is 0 Å². The van der Waals surface area contributed by atoms with Crippen molar-refractivity contribution in [1.82, 2.24) is 0 Å². The molecule has 3 rings (SSSR count). The van der Waals surface area contributed by atoms with Gasteiger partial charge in [0.15, 0.2) is 0 Å². The summed E-state index contributed by atoms with van der Waals surface area (Å²) in [5, 5.41) is 0. The van der Waals surface area contributed by atoms with Crippen molar-refractivity contribution in [3.8, 4) is 16.9 Å². The summed E-state index contributed by atoms with van der Waals surface area (Å²) in [7, 11) is 11.3. The molecule has 0 saturated heterocycles. The lowest BCUT2D eigenvalue weighted by Crippen LogP contribution is -2.40. The Kier molecular flexibility index (Phi) is 9.83. The maximum atomic E-state index is 6.25. The minimum Gasteiger partial charge on any atom is -0.491 e. The van der Waals surface area contributed by atoms with Crippen molar-refractivity contribution in [1.29, 1.82) is 0 Å². The van der Waals surface area contributed by atoms with Crippen molar-refractivity contribution in [2.75, 3.05) is 54.9 Å². The zero-order valence-corrected chi connectivity index (χ0v) is 25.5. The van der Waals surface area contributed by atoms with E-state index in [9.17, 15) is 0 Å². The number of halogens is 2. The van der Waals surface area contributed by atoms with Crippen LogP contribution >= 0.6 is 45.2 Å². The molecule has 0 aliphatic heterocycles. The fourth-order valence-electron chi connectivity index (χ4n) is 4.03. The van der Waals surface area contributed by atoms with Gasteiger partial charge >= 0.3 is 0 Å². The van der Waals surface area contributed by atoms with E-state index < -0.39 is 0 Å². The van der Waals surface area contributed by atoms with E-state index in [-0.39, 0.29) is 0 Å². The average molecular weight is 684 g/mol. The predicted octanol–water partition coefficient (Wildman–Crippen LogP) is 6.86. The smallest absolute Gasteiger partial charge is 0.145 e. The molecule has 34 heavy (non-hydrogen) atoms. The first-order chi connectivity index (χ1) is 16.0. The van der Waals surface area contributed by atoms with Crippen LogP contribution in [0.3, 0.4) is 0 Å². The molecule has 0 fully saturated rings. The molecule has 3 nitrogen and oxygen atoms in total. The summed E-state index contributed by atoms with van der Waals surface area (Å²) < 4.78 is 10.6. The van der Waals surface area contributed by atoms with E-state index in [1.807, 2.05) is 0 Å². The number of likely N-dealkylation sites (N-methyl/N-ethyl adjacent to an activating group) is 1. The summed E-state index contributed by atoms with van der Waals surface area (Å²) in [6, 6.07) is 24.1. The molecule has 0 radical (unpaired) electrons. The number of hydrogen-bond acceptors (Lipinski definition) is 1. The lowest BCUT2D eigenvalue weighted by molar-refractivity contribution is -0.903. The van der Waals surface area contributed by atoms with Crippen LogP contribution < -0.4 is 4.74 Å². The van der Waals surface area contributed by atoms with Gasteiger partial charge in [0.2, 0.25) is 0 Å². The van der Waals surface area contributed by atoms with Gasteiger partial charge in [-0.3, -0.25) is 0 Å². The molecule has 0 bridgehead atoms. The highest BCUT2D eigenvalue weighted by molar-refractivity contribution is 14.1. The van der Waals surface area contributed by atoms with Gasteiger partial charge in [0.25, 0.3) is 0 Å². The van der Waals surface area contributed by atoms with E-state index in [4.69, 9.17) is 4.74 Å². The third-order valence-electron chi connectivity index (χ3n) is 5.96. The van der Waals surface area contributed by atoms with Crippen molar-refractivity contribution < 1.29 is 13.7 Å². The van der Waals surface area contributed by atoms with Gasteiger partial charge in [-0.2, -0.15) is 0 Å². The van der Waals surface area contributed by atoms with Crippen molar-refractivity contribution in [2.24, 2.45) is 0 Å². The van der Waals surface area contributed by atoms with Gasteiger partial charge in [0.05, 0.1) is 62.1 Å². The predicted molar refractivity (Wildman–Crippen MR) is 161 cm³/mol. The molecule has 0 atom stereocenters. The first-order valence-electron chi connectivity index (χ1n) is 11.9. The van der Waals surface area contributed by atoms with Gasteiger partial charge in [-0.1, -0.05) is 54.6 Å². The van der Waals surface area contributed by atoms with Gasteiger partial charge in [-0.25, -0.2) is 0 Å². The Hall–Kier alpha value is -1.16. The van der Waals surface area contributed by atoms with Crippen LogP contribution in [0.5, 0.6) is 5.75 Å². The Morgan fingerprint density at radius 2 is 1.29 bits per heavy atom. The molecule has 0 saturated carbocycles. The Balaban J connectivity index is 1.49. The fourth-order valence-corrected chi connectivity index (χ4v) is 6.24. The van der Waals surface area contributed by atoms with Gasteiger partial charge in [-0.15, -0.1) is 0 Å². The number of hydrogen-bond donors (Lipinski definition) is 0. The third-order valence-corrected chi connectivity index (χ3v) is 7.56. The first kappa shape index (κ1) is 27.4. The topological polar surface area (TPSA) is 9.23 Å². The lowest BCUT2D eigenvalue weighted by atomic mass is 10.0. The van der Waals surface area contributed by atoms with Crippen LogP contribution in [0.4, 0.5) is 0 Å². The Bertz CT molecular complexity index is 1030. The normalized spacial score (nSPS) is 12.1. The molecular formula is C29H38I2N2O+2. The molecule has 182 valence electrons. The van der Waals surface area contributed by atoms with Crippen LogP contribution in [0.25, 0.3) is 11.1 Å². The SMILES string of the molecule is C[N+](C)(C)CCc1cc(I)c(OCCC[N+](C)(C)Cc2ccc(-c3ccccc3)cc2)c(I)c1. The Morgan fingerprint density at radius 3 is 1.88 bits per heavy atom. The molecule has 0 heterocycles. The minimum atomic E-state index is 0.749. The second-order valence-corrected chi connectivity index (χ2v) is 13.1. The number of ether oxygens (including phenoxy) is 1. The van der Waals surface area contributed by atoms with Crippen LogP contribution in [-0.2, 0) is 13.0 Å².